The Labute approximate surface area is 297 Å². The van der Waals surface area contributed by atoms with E-state index in [-0.39, 0.29) is 104 Å². The number of aliphatic hydroxyl groups excluding tert-OH is 4. The van der Waals surface area contributed by atoms with Crippen LogP contribution < -0.4 is 10.6 Å². The second-order valence-corrected chi connectivity index (χ2v) is 16.7. The average molecular weight is 808 g/mol. The molecule has 1 aliphatic heterocycles. The first kappa shape index (κ1) is 48.5. The minimum absolute atomic E-state index is 0.00264. The van der Waals surface area contributed by atoms with Crippen LogP contribution in [0.1, 0.15) is 33.6 Å². The van der Waals surface area contributed by atoms with E-state index < -0.39 is 66.0 Å². The van der Waals surface area contributed by atoms with E-state index in [9.17, 15) is 53.6 Å². The van der Waals surface area contributed by atoms with Crippen LogP contribution in [0.2, 0.25) is 0 Å². The fourth-order valence-electron chi connectivity index (χ4n) is 4.08. The second-order valence-electron chi connectivity index (χ2n) is 11.5. The first-order valence-corrected chi connectivity index (χ1v) is 21.0. The molecule has 0 aromatic rings. The minimum atomic E-state index is -4.49. The Morgan fingerprint density at radius 1 is 0.804 bits per heavy atom. The topological polar surface area (TPSA) is 311 Å². The molecule has 1 fully saturated rings. The molecule has 304 valence electrons. The summed E-state index contributed by atoms with van der Waals surface area (Å²) in [7, 11) is -12.7. The number of nitrogens with zero attached hydrogens (tertiary/aromatic N) is 1. The highest BCUT2D eigenvalue weighted by molar-refractivity contribution is 7.53. The first-order valence-electron chi connectivity index (χ1n) is 16.4. The molecule has 1 heterocycles. The molecule has 0 aliphatic carbocycles. The van der Waals surface area contributed by atoms with E-state index in [4.69, 9.17) is 27.6 Å². The summed E-state index contributed by atoms with van der Waals surface area (Å²) in [5.41, 5.74) is -0.620. The number of hydrogen-bond donors (Lipinski definition) is 9. The highest BCUT2D eigenvalue weighted by atomic mass is 31.2. The summed E-state index contributed by atoms with van der Waals surface area (Å²) in [5, 5.41) is 44.3. The summed E-state index contributed by atoms with van der Waals surface area (Å²) in [6.07, 6.45) is -4.10. The van der Waals surface area contributed by atoms with E-state index in [0.29, 0.717) is 0 Å². The molecule has 0 bridgehead atoms. The van der Waals surface area contributed by atoms with Gasteiger partial charge in [-0.1, -0.05) is 20.8 Å². The van der Waals surface area contributed by atoms with Crippen LogP contribution in [0, 0.1) is 5.92 Å². The van der Waals surface area contributed by atoms with Gasteiger partial charge in [0.2, 0.25) is 5.91 Å². The molecule has 8 unspecified atom stereocenters. The summed E-state index contributed by atoms with van der Waals surface area (Å²) in [6, 6.07) is 0. The molecule has 8 atom stereocenters. The standard InChI is InChI=1S/C26H56N3O19P3/c1-20(2)49(35,36)48-42-14-6-27-7-15-43-50(37,38)44-16-8-28-9-17-45-51(39,40)46-18-11-29(10-12-30)23(32)5-4-13-41-26-21(3)24(33)25(34)22(19-31)47-26/h20-22,24-28,30-31,33-34H,4-19H2,1-3H3,(H,35,36)(H,37,38)(H,39,40). The minimum Gasteiger partial charge on any atom is -0.395 e. The molecule has 0 spiro atoms. The number of rotatable bonds is 30. The van der Waals surface area contributed by atoms with Gasteiger partial charge in [0.15, 0.2) is 6.29 Å². The quantitative estimate of drug-likeness (QED) is 0.0176. The number of phosphoric ester groups is 2. The van der Waals surface area contributed by atoms with E-state index >= 15 is 0 Å². The fourth-order valence-corrected chi connectivity index (χ4v) is 5.90. The Bertz CT molecular complexity index is 1110. The Morgan fingerprint density at radius 2 is 1.33 bits per heavy atom. The van der Waals surface area contributed by atoms with Gasteiger partial charge in [0, 0.05) is 51.6 Å². The van der Waals surface area contributed by atoms with Gasteiger partial charge in [0.25, 0.3) is 0 Å². The van der Waals surface area contributed by atoms with Crippen molar-refractivity contribution in [3.05, 3.63) is 0 Å². The predicted octanol–water partition coefficient (Wildman–Crippen LogP) is -1.33. The molecule has 1 amide bonds. The smallest absolute Gasteiger partial charge is 0.395 e. The number of aliphatic hydroxyl groups is 4. The van der Waals surface area contributed by atoms with Crippen LogP contribution in [0.3, 0.4) is 0 Å². The van der Waals surface area contributed by atoms with Gasteiger partial charge in [-0.05, 0) is 6.42 Å². The molecule has 0 aromatic carbocycles. The number of carbonyl (C=O) groups excluding carboxylic acids is 1. The molecular formula is C26H56N3O19P3. The van der Waals surface area contributed by atoms with Crippen molar-refractivity contribution in [1.82, 2.24) is 15.5 Å². The number of phosphoric acid groups is 2. The number of nitrogens with one attached hydrogen (secondary N) is 2. The maximum atomic E-state index is 12.6. The van der Waals surface area contributed by atoms with Crippen LogP contribution in [0.25, 0.3) is 0 Å². The zero-order valence-electron chi connectivity index (χ0n) is 29.1. The zero-order chi connectivity index (χ0) is 38.5. The van der Waals surface area contributed by atoms with Gasteiger partial charge in [-0.25, -0.2) is 14.0 Å². The highest BCUT2D eigenvalue weighted by Gasteiger charge is 2.42. The van der Waals surface area contributed by atoms with Crippen LogP contribution in [0.15, 0.2) is 0 Å². The molecule has 1 saturated heterocycles. The molecule has 22 nitrogen and oxygen atoms in total. The molecule has 25 heteroatoms. The van der Waals surface area contributed by atoms with Crippen molar-refractivity contribution < 1.29 is 90.7 Å². The van der Waals surface area contributed by atoms with Gasteiger partial charge in [-0.3, -0.25) is 27.5 Å². The van der Waals surface area contributed by atoms with Crippen LogP contribution in [-0.2, 0) is 55.6 Å². The molecule has 1 rings (SSSR count). The van der Waals surface area contributed by atoms with E-state index in [1.807, 2.05) is 0 Å². The summed E-state index contributed by atoms with van der Waals surface area (Å²) >= 11 is 0. The van der Waals surface area contributed by atoms with Crippen molar-refractivity contribution in [2.75, 3.05) is 92.1 Å². The van der Waals surface area contributed by atoms with Gasteiger partial charge in [0.05, 0.1) is 64.6 Å². The van der Waals surface area contributed by atoms with Crippen molar-refractivity contribution in [2.24, 2.45) is 5.92 Å². The largest absolute Gasteiger partial charge is 0.472 e. The van der Waals surface area contributed by atoms with Gasteiger partial charge < -0.3 is 60.1 Å². The van der Waals surface area contributed by atoms with Crippen molar-refractivity contribution in [1.29, 1.82) is 0 Å². The van der Waals surface area contributed by atoms with Crippen LogP contribution >= 0.6 is 23.2 Å². The second kappa shape index (κ2) is 25.5. The maximum absolute atomic E-state index is 12.6. The summed E-state index contributed by atoms with van der Waals surface area (Å²) in [6.45, 7) is 3.01. The van der Waals surface area contributed by atoms with Crippen LogP contribution in [0.4, 0.5) is 0 Å². The van der Waals surface area contributed by atoms with Gasteiger partial charge in [-0.15, -0.1) is 4.67 Å². The molecule has 0 radical (unpaired) electrons. The Balaban J connectivity index is 2.17. The van der Waals surface area contributed by atoms with Crippen LogP contribution in [0.5, 0.6) is 0 Å². The summed E-state index contributed by atoms with van der Waals surface area (Å²) < 4.78 is 70.6. The number of carbonyl (C=O) groups is 1. The predicted molar refractivity (Wildman–Crippen MR) is 177 cm³/mol. The average Bonchev–Trinajstić information content (AvgIpc) is 3.06. The van der Waals surface area contributed by atoms with E-state index in [1.54, 1.807) is 6.92 Å². The summed E-state index contributed by atoms with van der Waals surface area (Å²) in [5.74, 6) is -0.970. The lowest BCUT2D eigenvalue weighted by Gasteiger charge is -2.40. The van der Waals surface area contributed by atoms with E-state index in [0.717, 1.165) is 0 Å². The number of ether oxygens (including phenoxy) is 2. The SMILES string of the molecule is CC1C(OCCCC(=O)N(CCO)CCOP(=O)(O)OCCNCCOP(=O)(O)OCCNCCOOP(=O)(O)C(C)C)OC(CO)C(O)C1O. The van der Waals surface area contributed by atoms with Crippen molar-refractivity contribution in [2.45, 2.75) is 63.9 Å². The first-order chi connectivity index (χ1) is 24.0. The number of amides is 1. The molecule has 51 heavy (non-hydrogen) atoms. The summed E-state index contributed by atoms with van der Waals surface area (Å²) in [4.78, 5) is 47.6. The third kappa shape index (κ3) is 20.7. The van der Waals surface area contributed by atoms with Gasteiger partial charge >= 0.3 is 23.2 Å². The third-order valence-electron chi connectivity index (χ3n) is 7.12. The molecule has 0 saturated carbocycles. The van der Waals surface area contributed by atoms with Gasteiger partial charge in [-0.2, -0.15) is 0 Å². The van der Waals surface area contributed by atoms with E-state index in [2.05, 4.69) is 20.2 Å². The maximum Gasteiger partial charge on any atom is 0.472 e. The fraction of sp³-hybridized carbons (Fsp3) is 0.962. The third-order valence-corrected chi connectivity index (χ3v) is 10.8. The zero-order valence-corrected chi connectivity index (χ0v) is 31.8. The highest BCUT2D eigenvalue weighted by Crippen LogP contribution is 2.47. The lowest BCUT2D eigenvalue weighted by atomic mass is 9.92. The molecular weight excluding hydrogens is 751 g/mol. The Morgan fingerprint density at radius 3 is 1.84 bits per heavy atom. The Hall–Kier alpha value is -0.520. The lowest BCUT2D eigenvalue weighted by molar-refractivity contribution is -0.282. The molecule has 9 N–H and O–H groups in total. The van der Waals surface area contributed by atoms with Crippen molar-refractivity contribution in [3.8, 4) is 0 Å². The number of hydrogen-bond acceptors (Lipinski definition) is 18. The molecule has 0 aromatic heterocycles. The van der Waals surface area contributed by atoms with Gasteiger partial charge in [0.1, 0.15) is 12.2 Å². The van der Waals surface area contributed by atoms with Crippen molar-refractivity contribution in [3.63, 3.8) is 0 Å². The normalized spacial score (nSPS) is 24.6. The van der Waals surface area contributed by atoms with Crippen LogP contribution in [-0.4, -0.2) is 168 Å². The Kier molecular flexibility index (Phi) is 24.3. The lowest BCUT2D eigenvalue weighted by Crippen LogP contribution is -2.55. The monoisotopic (exact) mass is 807 g/mol. The molecule has 1 aliphatic rings. The van der Waals surface area contributed by atoms with E-state index in [1.165, 1.54) is 18.7 Å². The van der Waals surface area contributed by atoms with Crippen molar-refractivity contribution >= 4 is 29.1 Å².